The van der Waals surface area contributed by atoms with Crippen LogP contribution in [0.4, 0.5) is 0 Å². The third-order valence-electron chi connectivity index (χ3n) is 1.33. The van der Waals surface area contributed by atoms with Crippen LogP contribution in [0.25, 0.3) is 0 Å². The largest absolute Gasteiger partial charge is 0.607 e. The van der Waals surface area contributed by atoms with E-state index in [9.17, 15) is 4.55 Å². The Morgan fingerprint density at radius 1 is 1.33 bits per heavy atom. The summed E-state index contributed by atoms with van der Waals surface area (Å²) in [5.41, 5.74) is 0. The minimum atomic E-state index is -1.32. The Balaban J connectivity index is 3.04. The minimum absolute atomic E-state index is 0.222. The van der Waals surface area contributed by atoms with Crippen LogP contribution in [0.1, 0.15) is 0 Å². The van der Waals surface area contributed by atoms with Crippen molar-refractivity contribution in [3.63, 3.8) is 0 Å². The highest BCUT2D eigenvalue weighted by Crippen LogP contribution is 2.27. The second kappa shape index (κ2) is 3.51. The second-order valence-electron chi connectivity index (χ2n) is 2.11. The maximum Gasteiger partial charge on any atom is 0.162 e. The molecular weight excluding hydrogens is 176 g/mol. The standard InChI is InChI=1S/C8H8O3S/c1-2-12(11)6-3-4-7(9)8(10)5-6/h2-5,9-10H,1H2. The number of aromatic hydroxyl groups is 2. The quantitative estimate of drug-likeness (QED) is 0.538. The predicted octanol–water partition coefficient (Wildman–Crippen LogP) is 1.35. The molecule has 12 heavy (non-hydrogen) atoms. The lowest BCUT2D eigenvalue weighted by Crippen LogP contribution is -1.94. The first-order valence-electron chi connectivity index (χ1n) is 3.20. The second-order valence-corrected chi connectivity index (χ2v) is 3.51. The van der Waals surface area contributed by atoms with Crippen LogP contribution in [0.2, 0.25) is 0 Å². The molecule has 1 aromatic rings. The summed E-state index contributed by atoms with van der Waals surface area (Å²) in [5.74, 6) is -0.498. The molecule has 1 unspecified atom stereocenters. The van der Waals surface area contributed by atoms with E-state index in [4.69, 9.17) is 10.2 Å². The maximum atomic E-state index is 11.1. The summed E-state index contributed by atoms with van der Waals surface area (Å²) in [7, 11) is 0. The summed E-state index contributed by atoms with van der Waals surface area (Å²) in [4.78, 5) is 0.417. The summed E-state index contributed by atoms with van der Waals surface area (Å²) >= 11 is -1.32. The molecule has 0 saturated carbocycles. The van der Waals surface area contributed by atoms with E-state index in [2.05, 4.69) is 6.58 Å². The predicted molar refractivity (Wildman–Crippen MR) is 46.4 cm³/mol. The Bertz CT molecular complexity index is 298. The van der Waals surface area contributed by atoms with E-state index < -0.39 is 11.2 Å². The number of rotatable bonds is 2. The van der Waals surface area contributed by atoms with Crippen molar-refractivity contribution >= 4 is 11.2 Å². The van der Waals surface area contributed by atoms with E-state index in [0.717, 1.165) is 0 Å². The molecule has 2 N–H and O–H groups in total. The molecule has 4 heteroatoms. The Kier molecular flexibility index (Phi) is 2.62. The van der Waals surface area contributed by atoms with Gasteiger partial charge in [0, 0.05) is 17.2 Å². The molecule has 1 aromatic carbocycles. The van der Waals surface area contributed by atoms with Crippen molar-refractivity contribution in [2.75, 3.05) is 0 Å². The molecule has 3 nitrogen and oxygen atoms in total. The number of phenolic OH excluding ortho intramolecular Hbond substituents is 2. The zero-order valence-corrected chi connectivity index (χ0v) is 7.04. The fourth-order valence-electron chi connectivity index (χ4n) is 0.725. The molecule has 0 heterocycles. The van der Waals surface area contributed by atoms with Crippen LogP contribution in [0.3, 0.4) is 0 Å². The van der Waals surface area contributed by atoms with Gasteiger partial charge in [0.2, 0.25) is 0 Å². The Morgan fingerprint density at radius 3 is 2.50 bits per heavy atom. The van der Waals surface area contributed by atoms with E-state index >= 15 is 0 Å². The van der Waals surface area contributed by atoms with Crippen LogP contribution in [-0.2, 0) is 11.2 Å². The van der Waals surface area contributed by atoms with Crippen molar-refractivity contribution < 1.29 is 14.8 Å². The van der Waals surface area contributed by atoms with E-state index in [0.29, 0.717) is 4.90 Å². The SMILES string of the molecule is C=C[S+]([O-])c1ccc(O)c(O)c1. The first-order valence-corrected chi connectivity index (χ1v) is 4.41. The summed E-state index contributed by atoms with van der Waals surface area (Å²) < 4.78 is 11.1. The van der Waals surface area contributed by atoms with Gasteiger partial charge in [0.15, 0.2) is 16.4 Å². The molecule has 0 spiro atoms. The Hall–Kier alpha value is -1.13. The van der Waals surface area contributed by atoms with E-state index in [1.165, 1.54) is 23.6 Å². The van der Waals surface area contributed by atoms with Gasteiger partial charge in [-0.05, 0) is 12.1 Å². The molecule has 0 amide bonds. The average molecular weight is 184 g/mol. The van der Waals surface area contributed by atoms with Crippen LogP contribution in [0.5, 0.6) is 11.5 Å². The molecule has 64 valence electrons. The average Bonchev–Trinajstić information content (AvgIpc) is 2.08. The monoisotopic (exact) mass is 184 g/mol. The molecule has 1 atom stereocenters. The van der Waals surface area contributed by atoms with Crippen LogP contribution in [0.15, 0.2) is 35.1 Å². The van der Waals surface area contributed by atoms with Crippen LogP contribution < -0.4 is 0 Å². The van der Waals surface area contributed by atoms with Crippen molar-refractivity contribution in [1.29, 1.82) is 0 Å². The van der Waals surface area contributed by atoms with E-state index in [1.807, 2.05) is 0 Å². The lowest BCUT2D eigenvalue weighted by Gasteiger charge is -2.04. The molecular formula is C8H8O3S. The fourth-order valence-corrected chi connectivity index (χ4v) is 1.35. The van der Waals surface area contributed by atoms with Crippen molar-refractivity contribution in [2.45, 2.75) is 4.90 Å². The number of hydrogen-bond acceptors (Lipinski definition) is 3. The van der Waals surface area contributed by atoms with Crippen LogP contribution in [0, 0.1) is 0 Å². The van der Waals surface area contributed by atoms with E-state index in [1.54, 1.807) is 0 Å². The molecule has 0 aliphatic carbocycles. The first kappa shape index (κ1) is 8.96. The highest BCUT2D eigenvalue weighted by atomic mass is 32.2. The smallest absolute Gasteiger partial charge is 0.162 e. The van der Waals surface area contributed by atoms with Gasteiger partial charge in [-0.2, -0.15) is 0 Å². The Morgan fingerprint density at radius 2 is 2.00 bits per heavy atom. The fraction of sp³-hybridized carbons (Fsp3) is 0. The third kappa shape index (κ3) is 1.72. The van der Waals surface area contributed by atoms with Crippen molar-refractivity contribution in [3.8, 4) is 11.5 Å². The van der Waals surface area contributed by atoms with Crippen LogP contribution in [-0.4, -0.2) is 14.8 Å². The van der Waals surface area contributed by atoms with Crippen molar-refractivity contribution in [2.24, 2.45) is 0 Å². The van der Waals surface area contributed by atoms with E-state index in [-0.39, 0.29) is 11.5 Å². The molecule has 0 aliphatic rings. The Labute approximate surface area is 73.2 Å². The van der Waals surface area contributed by atoms with Gasteiger partial charge in [0.1, 0.15) is 5.41 Å². The zero-order chi connectivity index (χ0) is 9.14. The van der Waals surface area contributed by atoms with Crippen LogP contribution >= 0.6 is 0 Å². The van der Waals surface area contributed by atoms with Gasteiger partial charge in [-0.1, -0.05) is 6.58 Å². The van der Waals surface area contributed by atoms with Gasteiger partial charge in [-0.25, -0.2) is 0 Å². The molecule has 0 fully saturated rings. The lowest BCUT2D eigenvalue weighted by molar-refractivity contribution is 0.402. The van der Waals surface area contributed by atoms with Crippen molar-refractivity contribution in [1.82, 2.24) is 0 Å². The molecule has 0 radical (unpaired) electrons. The highest BCUT2D eigenvalue weighted by molar-refractivity contribution is 7.94. The normalized spacial score (nSPS) is 12.4. The minimum Gasteiger partial charge on any atom is -0.607 e. The molecule has 0 aliphatic heterocycles. The van der Waals surface area contributed by atoms with Gasteiger partial charge in [-0.15, -0.1) is 0 Å². The topological polar surface area (TPSA) is 63.5 Å². The molecule has 0 bridgehead atoms. The van der Waals surface area contributed by atoms with Gasteiger partial charge < -0.3 is 14.8 Å². The van der Waals surface area contributed by atoms with Gasteiger partial charge in [0.25, 0.3) is 0 Å². The molecule has 1 rings (SSSR count). The van der Waals surface area contributed by atoms with Gasteiger partial charge >= 0.3 is 0 Å². The summed E-state index contributed by atoms with van der Waals surface area (Å²) in [6.45, 7) is 3.34. The number of hydrogen-bond donors (Lipinski definition) is 2. The summed E-state index contributed by atoms with van der Waals surface area (Å²) in [6, 6.07) is 3.99. The highest BCUT2D eigenvalue weighted by Gasteiger charge is 2.09. The summed E-state index contributed by atoms with van der Waals surface area (Å²) in [5, 5.41) is 19.2. The summed E-state index contributed by atoms with van der Waals surface area (Å²) in [6.07, 6.45) is 0. The number of benzene rings is 1. The molecule has 0 saturated heterocycles. The van der Waals surface area contributed by atoms with Gasteiger partial charge in [0.05, 0.1) is 0 Å². The molecule has 0 aromatic heterocycles. The van der Waals surface area contributed by atoms with Crippen molar-refractivity contribution in [3.05, 3.63) is 30.2 Å². The first-order chi connectivity index (χ1) is 5.65. The zero-order valence-electron chi connectivity index (χ0n) is 6.23. The lowest BCUT2D eigenvalue weighted by atomic mass is 10.3. The maximum absolute atomic E-state index is 11.1. The third-order valence-corrected chi connectivity index (χ3v) is 2.35. The van der Waals surface area contributed by atoms with Gasteiger partial charge in [-0.3, -0.25) is 0 Å². The number of phenols is 2.